The topological polar surface area (TPSA) is 17.1 Å². The summed E-state index contributed by atoms with van der Waals surface area (Å²) in [5.74, 6) is 0.157. The summed E-state index contributed by atoms with van der Waals surface area (Å²) in [6, 6.07) is 13.3. The van der Waals surface area contributed by atoms with Gasteiger partial charge in [-0.2, -0.15) is 0 Å². The van der Waals surface area contributed by atoms with E-state index in [1.54, 1.807) is 6.92 Å². The zero-order valence-electron chi connectivity index (χ0n) is 15.1. The molecule has 1 nitrogen and oxygen atoms in total. The van der Waals surface area contributed by atoms with E-state index in [0.29, 0.717) is 0 Å². The molecule has 0 heterocycles. The molecule has 0 fully saturated rings. The van der Waals surface area contributed by atoms with Crippen LogP contribution in [0.25, 0.3) is 0 Å². The maximum Gasteiger partial charge on any atom is 0.160 e. The molecule has 1 aliphatic carbocycles. The highest BCUT2D eigenvalue weighted by atomic mass is 16.1. The largest absolute Gasteiger partial charge is 0.295 e. The SMILES string of the molecule is CC(=O)c1cc2c(cc1C)C(C)(c1ccc(C)cc1)CC2(C)C. The standard InChI is InChI=1S/C22H26O/c1-14-7-9-17(10-8-14)22(6)13-21(4,5)19-12-18(16(3)23)15(2)11-20(19)22/h7-12H,13H2,1-6H3. The van der Waals surface area contributed by atoms with E-state index in [0.717, 1.165) is 17.5 Å². The first-order valence-electron chi connectivity index (χ1n) is 8.39. The van der Waals surface area contributed by atoms with Crippen molar-refractivity contribution >= 4 is 5.78 Å². The Bertz CT molecular complexity index is 780. The minimum absolute atomic E-state index is 0.00656. The number of rotatable bonds is 2. The molecule has 1 unspecified atom stereocenters. The maximum absolute atomic E-state index is 11.9. The summed E-state index contributed by atoms with van der Waals surface area (Å²) in [7, 11) is 0. The Kier molecular flexibility index (Phi) is 3.51. The van der Waals surface area contributed by atoms with Gasteiger partial charge in [0.25, 0.3) is 0 Å². The van der Waals surface area contributed by atoms with E-state index >= 15 is 0 Å². The van der Waals surface area contributed by atoms with Gasteiger partial charge >= 0.3 is 0 Å². The number of fused-ring (bicyclic) bond motifs is 1. The van der Waals surface area contributed by atoms with Crippen molar-refractivity contribution in [3.63, 3.8) is 0 Å². The second-order valence-corrected chi connectivity index (χ2v) is 8.03. The van der Waals surface area contributed by atoms with E-state index in [9.17, 15) is 4.79 Å². The monoisotopic (exact) mass is 306 g/mol. The number of ketones is 1. The van der Waals surface area contributed by atoms with E-state index in [-0.39, 0.29) is 16.6 Å². The van der Waals surface area contributed by atoms with Crippen molar-refractivity contribution in [2.24, 2.45) is 0 Å². The van der Waals surface area contributed by atoms with Gasteiger partial charge in [0.05, 0.1) is 0 Å². The molecule has 23 heavy (non-hydrogen) atoms. The number of hydrogen-bond acceptors (Lipinski definition) is 1. The summed E-state index contributed by atoms with van der Waals surface area (Å²) < 4.78 is 0. The highest BCUT2D eigenvalue weighted by molar-refractivity contribution is 5.96. The molecule has 1 aliphatic rings. The molecule has 0 spiro atoms. The van der Waals surface area contributed by atoms with Crippen LogP contribution in [0.4, 0.5) is 0 Å². The fraction of sp³-hybridized carbons (Fsp3) is 0.409. The molecule has 3 rings (SSSR count). The predicted molar refractivity (Wildman–Crippen MR) is 96.5 cm³/mol. The molecule has 0 N–H and O–H groups in total. The minimum Gasteiger partial charge on any atom is -0.295 e. The normalized spacial score (nSPS) is 22.0. The second-order valence-electron chi connectivity index (χ2n) is 8.03. The fourth-order valence-electron chi connectivity index (χ4n) is 4.36. The predicted octanol–water partition coefficient (Wildman–Crippen LogP) is 5.49. The van der Waals surface area contributed by atoms with Gasteiger partial charge in [0.15, 0.2) is 5.78 Å². The third-order valence-corrected chi connectivity index (χ3v) is 5.55. The molecule has 2 aromatic carbocycles. The molecular formula is C22H26O. The lowest BCUT2D eigenvalue weighted by atomic mass is 9.75. The van der Waals surface area contributed by atoms with Crippen LogP contribution in [0.15, 0.2) is 36.4 Å². The van der Waals surface area contributed by atoms with Crippen LogP contribution in [0.3, 0.4) is 0 Å². The number of aryl methyl sites for hydroxylation is 2. The van der Waals surface area contributed by atoms with Gasteiger partial charge in [0.2, 0.25) is 0 Å². The lowest BCUT2D eigenvalue weighted by Gasteiger charge is -2.28. The zero-order chi connectivity index (χ0) is 17.0. The van der Waals surface area contributed by atoms with Crippen LogP contribution in [0.2, 0.25) is 0 Å². The third kappa shape index (κ3) is 2.43. The van der Waals surface area contributed by atoms with Gasteiger partial charge in [-0.1, -0.05) is 56.7 Å². The second kappa shape index (κ2) is 5.06. The quantitative estimate of drug-likeness (QED) is 0.670. The smallest absolute Gasteiger partial charge is 0.160 e. The Morgan fingerprint density at radius 2 is 1.57 bits per heavy atom. The summed E-state index contributed by atoms with van der Waals surface area (Å²) >= 11 is 0. The van der Waals surface area contributed by atoms with Crippen molar-refractivity contribution < 1.29 is 4.79 Å². The Morgan fingerprint density at radius 3 is 2.13 bits per heavy atom. The Balaban J connectivity index is 2.24. The van der Waals surface area contributed by atoms with Crippen molar-refractivity contribution in [3.8, 4) is 0 Å². The van der Waals surface area contributed by atoms with Crippen LogP contribution < -0.4 is 0 Å². The zero-order valence-corrected chi connectivity index (χ0v) is 15.1. The van der Waals surface area contributed by atoms with Crippen LogP contribution >= 0.6 is 0 Å². The molecule has 0 amide bonds. The average molecular weight is 306 g/mol. The van der Waals surface area contributed by atoms with Crippen LogP contribution in [0, 0.1) is 13.8 Å². The van der Waals surface area contributed by atoms with E-state index in [2.05, 4.69) is 71.0 Å². The average Bonchev–Trinajstić information content (AvgIpc) is 2.65. The highest BCUT2D eigenvalue weighted by Gasteiger charge is 2.46. The maximum atomic E-state index is 11.9. The molecule has 0 aliphatic heterocycles. The fourth-order valence-corrected chi connectivity index (χ4v) is 4.36. The highest BCUT2D eigenvalue weighted by Crippen LogP contribution is 2.53. The summed E-state index contributed by atoms with van der Waals surface area (Å²) in [5.41, 5.74) is 7.41. The van der Waals surface area contributed by atoms with Gasteiger partial charge in [0.1, 0.15) is 0 Å². The molecule has 0 bridgehead atoms. The van der Waals surface area contributed by atoms with Crippen LogP contribution in [-0.4, -0.2) is 5.78 Å². The Labute approximate surface area is 139 Å². The molecule has 0 saturated carbocycles. The van der Waals surface area contributed by atoms with E-state index in [1.807, 2.05) is 0 Å². The summed E-state index contributed by atoms with van der Waals surface area (Å²) in [6.07, 6.45) is 1.07. The molecule has 0 radical (unpaired) electrons. The number of Topliss-reactive ketones (excluding diaryl/α,β-unsaturated/α-hetero) is 1. The molecule has 120 valence electrons. The van der Waals surface area contributed by atoms with E-state index < -0.39 is 0 Å². The molecule has 0 aromatic heterocycles. The van der Waals surface area contributed by atoms with Crippen LogP contribution in [-0.2, 0) is 10.8 Å². The number of hydrogen-bond donors (Lipinski definition) is 0. The van der Waals surface area contributed by atoms with Crippen molar-refractivity contribution in [2.75, 3.05) is 0 Å². The van der Waals surface area contributed by atoms with Crippen molar-refractivity contribution in [3.05, 3.63) is 69.8 Å². The first-order valence-corrected chi connectivity index (χ1v) is 8.39. The summed E-state index contributed by atoms with van der Waals surface area (Å²) in [6.45, 7) is 12.8. The molecular weight excluding hydrogens is 280 g/mol. The van der Waals surface area contributed by atoms with Gasteiger partial charge in [-0.05, 0) is 60.9 Å². The van der Waals surface area contributed by atoms with Gasteiger partial charge < -0.3 is 0 Å². The van der Waals surface area contributed by atoms with Crippen LogP contribution in [0.1, 0.15) is 72.3 Å². The lowest BCUT2D eigenvalue weighted by Crippen LogP contribution is -2.23. The van der Waals surface area contributed by atoms with Crippen molar-refractivity contribution in [1.82, 2.24) is 0 Å². The molecule has 1 heteroatoms. The minimum atomic E-state index is 0.00656. The summed E-state index contributed by atoms with van der Waals surface area (Å²) in [4.78, 5) is 11.9. The molecule has 2 aromatic rings. The van der Waals surface area contributed by atoms with Crippen molar-refractivity contribution in [1.29, 1.82) is 0 Å². The number of carbonyl (C=O) groups is 1. The first-order chi connectivity index (χ1) is 10.6. The lowest BCUT2D eigenvalue weighted by molar-refractivity contribution is 0.101. The number of carbonyl (C=O) groups excluding carboxylic acids is 1. The summed E-state index contributed by atoms with van der Waals surface area (Å²) in [5, 5.41) is 0. The molecule has 0 saturated heterocycles. The van der Waals surface area contributed by atoms with Crippen LogP contribution in [0.5, 0.6) is 0 Å². The van der Waals surface area contributed by atoms with Gasteiger partial charge in [0, 0.05) is 11.0 Å². The van der Waals surface area contributed by atoms with Crippen molar-refractivity contribution in [2.45, 2.75) is 58.8 Å². The van der Waals surface area contributed by atoms with E-state index in [4.69, 9.17) is 0 Å². The van der Waals surface area contributed by atoms with E-state index in [1.165, 1.54) is 22.3 Å². The first kappa shape index (κ1) is 16.0. The van der Waals surface area contributed by atoms with Gasteiger partial charge in [-0.25, -0.2) is 0 Å². The third-order valence-electron chi connectivity index (χ3n) is 5.55. The number of benzene rings is 2. The Morgan fingerprint density at radius 1 is 0.957 bits per heavy atom. The molecule has 1 atom stereocenters. The van der Waals surface area contributed by atoms with Gasteiger partial charge in [-0.3, -0.25) is 4.79 Å². The van der Waals surface area contributed by atoms with Gasteiger partial charge in [-0.15, -0.1) is 0 Å². The Hall–Kier alpha value is -1.89.